The smallest absolute Gasteiger partial charge is 0.182 e. The molecule has 0 bridgehead atoms. The standard InChI is InChI=1S/C7H10N4/c1-2-3-11-5-10-6(4-8)7(11)9/h5H,2-3,9H2,1H3. The highest BCUT2D eigenvalue weighted by Gasteiger charge is 2.03. The first-order chi connectivity index (χ1) is 5.29. The van der Waals surface area contributed by atoms with E-state index in [0.29, 0.717) is 11.5 Å². The quantitative estimate of drug-likeness (QED) is 0.676. The van der Waals surface area contributed by atoms with E-state index in [-0.39, 0.29) is 0 Å². The third-order valence-corrected chi connectivity index (χ3v) is 1.45. The Hall–Kier alpha value is -1.50. The van der Waals surface area contributed by atoms with Gasteiger partial charge in [-0.1, -0.05) is 6.92 Å². The second kappa shape index (κ2) is 3.06. The van der Waals surface area contributed by atoms with Gasteiger partial charge in [-0.3, -0.25) is 0 Å². The molecule has 4 heteroatoms. The van der Waals surface area contributed by atoms with Crippen molar-refractivity contribution in [1.82, 2.24) is 9.55 Å². The molecule has 0 radical (unpaired) electrons. The Morgan fingerprint density at radius 3 is 3.00 bits per heavy atom. The number of rotatable bonds is 2. The Morgan fingerprint density at radius 1 is 1.82 bits per heavy atom. The van der Waals surface area contributed by atoms with Gasteiger partial charge < -0.3 is 10.3 Å². The molecule has 0 aromatic carbocycles. The van der Waals surface area contributed by atoms with Gasteiger partial charge in [-0.05, 0) is 6.42 Å². The Labute approximate surface area is 65.3 Å². The summed E-state index contributed by atoms with van der Waals surface area (Å²) in [4.78, 5) is 3.83. The molecule has 1 heterocycles. The maximum atomic E-state index is 8.49. The number of nitrogen functional groups attached to an aromatic ring is 1. The van der Waals surface area contributed by atoms with Crippen molar-refractivity contribution < 1.29 is 0 Å². The third-order valence-electron chi connectivity index (χ3n) is 1.45. The summed E-state index contributed by atoms with van der Waals surface area (Å²) in [7, 11) is 0. The Kier molecular flexibility index (Phi) is 2.12. The number of anilines is 1. The summed E-state index contributed by atoms with van der Waals surface area (Å²) >= 11 is 0. The van der Waals surface area contributed by atoms with Crippen molar-refractivity contribution in [3.05, 3.63) is 12.0 Å². The zero-order valence-electron chi connectivity index (χ0n) is 6.41. The molecule has 0 unspecified atom stereocenters. The lowest BCUT2D eigenvalue weighted by atomic mass is 10.4. The molecule has 1 rings (SSSR count). The largest absolute Gasteiger partial charge is 0.383 e. The number of nitrogens with two attached hydrogens (primary N) is 1. The Bertz CT molecular complexity index is 281. The lowest BCUT2D eigenvalue weighted by molar-refractivity contribution is 0.686. The van der Waals surface area contributed by atoms with Crippen LogP contribution < -0.4 is 5.73 Å². The predicted octanol–water partition coefficient (Wildman–Crippen LogP) is 0.747. The van der Waals surface area contributed by atoms with Gasteiger partial charge in [0.2, 0.25) is 0 Å². The van der Waals surface area contributed by atoms with Crippen molar-refractivity contribution in [2.45, 2.75) is 19.9 Å². The highest BCUT2D eigenvalue weighted by atomic mass is 15.1. The SMILES string of the molecule is CCCn1cnc(C#N)c1N. The molecule has 0 fully saturated rings. The van der Waals surface area contributed by atoms with Gasteiger partial charge in [-0.25, -0.2) is 4.98 Å². The van der Waals surface area contributed by atoms with Crippen LogP contribution in [0.1, 0.15) is 19.0 Å². The van der Waals surface area contributed by atoms with Crippen LogP contribution in [0.4, 0.5) is 5.82 Å². The fraction of sp³-hybridized carbons (Fsp3) is 0.429. The van der Waals surface area contributed by atoms with Crippen molar-refractivity contribution in [2.24, 2.45) is 0 Å². The van der Waals surface area contributed by atoms with Crippen LogP contribution in [-0.2, 0) is 6.54 Å². The lowest BCUT2D eigenvalue weighted by Gasteiger charge is -1.99. The minimum Gasteiger partial charge on any atom is -0.383 e. The molecule has 2 N–H and O–H groups in total. The van der Waals surface area contributed by atoms with Crippen LogP contribution in [0.2, 0.25) is 0 Å². The number of aryl methyl sites for hydroxylation is 1. The molecule has 4 nitrogen and oxygen atoms in total. The normalized spacial score (nSPS) is 9.45. The van der Waals surface area contributed by atoms with Crippen LogP contribution >= 0.6 is 0 Å². The molecule has 0 aliphatic rings. The van der Waals surface area contributed by atoms with Gasteiger partial charge in [0.25, 0.3) is 0 Å². The second-order valence-electron chi connectivity index (χ2n) is 2.28. The van der Waals surface area contributed by atoms with E-state index in [9.17, 15) is 0 Å². The molecule has 0 spiro atoms. The summed E-state index contributed by atoms with van der Waals surface area (Å²) in [6, 6.07) is 1.92. The summed E-state index contributed by atoms with van der Waals surface area (Å²) in [6.45, 7) is 2.87. The van der Waals surface area contributed by atoms with Crippen molar-refractivity contribution in [3.63, 3.8) is 0 Å². The third kappa shape index (κ3) is 1.32. The topological polar surface area (TPSA) is 67.6 Å². The maximum absolute atomic E-state index is 8.49. The zero-order chi connectivity index (χ0) is 8.27. The molecule has 0 amide bonds. The fourth-order valence-corrected chi connectivity index (χ4v) is 0.897. The van der Waals surface area contributed by atoms with E-state index in [4.69, 9.17) is 11.0 Å². The van der Waals surface area contributed by atoms with Crippen LogP contribution in [0.5, 0.6) is 0 Å². The van der Waals surface area contributed by atoms with E-state index >= 15 is 0 Å². The molecule has 11 heavy (non-hydrogen) atoms. The summed E-state index contributed by atoms with van der Waals surface area (Å²) < 4.78 is 1.78. The van der Waals surface area contributed by atoms with E-state index in [2.05, 4.69) is 4.98 Å². The van der Waals surface area contributed by atoms with E-state index in [1.165, 1.54) is 0 Å². The zero-order valence-corrected chi connectivity index (χ0v) is 6.41. The van der Waals surface area contributed by atoms with Crippen LogP contribution in [0, 0.1) is 11.3 Å². The lowest BCUT2D eigenvalue weighted by Crippen LogP contribution is -2.01. The number of hydrogen-bond donors (Lipinski definition) is 1. The molecular weight excluding hydrogens is 140 g/mol. The molecule has 0 aliphatic heterocycles. The summed E-state index contributed by atoms with van der Waals surface area (Å²) in [5.74, 6) is 0.467. The van der Waals surface area contributed by atoms with Crippen molar-refractivity contribution in [1.29, 1.82) is 5.26 Å². The number of nitriles is 1. The average Bonchev–Trinajstić information content (AvgIpc) is 2.34. The maximum Gasteiger partial charge on any atom is 0.182 e. The summed E-state index contributed by atoms with van der Waals surface area (Å²) in [6.07, 6.45) is 2.59. The number of nitrogens with zero attached hydrogens (tertiary/aromatic N) is 3. The highest BCUT2D eigenvalue weighted by molar-refractivity contribution is 5.44. The average molecular weight is 150 g/mol. The van der Waals surface area contributed by atoms with Crippen molar-refractivity contribution in [2.75, 3.05) is 5.73 Å². The minimum atomic E-state index is 0.318. The highest BCUT2D eigenvalue weighted by Crippen LogP contribution is 2.08. The second-order valence-corrected chi connectivity index (χ2v) is 2.28. The minimum absolute atomic E-state index is 0.318. The Morgan fingerprint density at radius 2 is 2.55 bits per heavy atom. The molecule has 1 aromatic rings. The van der Waals surface area contributed by atoms with Gasteiger partial charge in [0.05, 0.1) is 6.33 Å². The van der Waals surface area contributed by atoms with Crippen molar-refractivity contribution in [3.8, 4) is 6.07 Å². The van der Waals surface area contributed by atoms with E-state index < -0.39 is 0 Å². The number of imidazole rings is 1. The fourth-order valence-electron chi connectivity index (χ4n) is 0.897. The predicted molar refractivity (Wildman–Crippen MR) is 41.6 cm³/mol. The summed E-state index contributed by atoms with van der Waals surface area (Å²) in [5.41, 5.74) is 5.90. The number of aromatic nitrogens is 2. The number of hydrogen-bond acceptors (Lipinski definition) is 3. The first-order valence-corrected chi connectivity index (χ1v) is 3.50. The van der Waals surface area contributed by atoms with E-state index in [1.54, 1.807) is 10.9 Å². The van der Waals surface area contributed by atoms with Gasteiger partial charge in [0.15, 0.2) is 5.69 Å². The van der Waals surface area contributed by atoms with Crippen LogP contribution in [0.15, 0.2) is 6.33 Å². The molecular formula is C7H10N4. The molecule has 1 aromatic heterocycles. The van der Waals surface area contributed by atoms with Crippen LogP contribution in [0.3, 0.4) is 0 Å². The van der Waals surface area contributed by atoms with Gasteiger partial charge in [0.1, 0.15) is 11.9 Å². The molecule has 0 atom stereocenters. The molecule has 0 saturated carbocycles. The first kappa shape index (κ1) is 7.61. The van der Waals surface area contributed by atoms with Crippen LogP contribution in [0.25, 0.3) is 0 Å². The monoisotopic (exact) mass is 150 g/mol. The first-order valence-electron chi connectivity index (χ1n) is 3.50. The van der Waals surface area contributed by atoms with E-state index in [1.807, 2.05) is 13.0 Å². The van der Waals surface area contributed by atoms with E-state index in [0.717, 1.165) is 13.0 Å². The van der Waals surface area contributed by atoms with Crippen molar-refractivity contribution >= 4 is 5.82 Å². The van der Waals surface area contributed by atoms with Gasteiger partial charge in [-0.15, -0.1) is 0 Å². The molecule has 0 aliphatic carbocycles. The summed E-state index contributed by atoms with van der Waals surface area (Å²) in [5, 5.41) is 8.49. The molecule has 58 valence electrons. The van der Waals surface area contributed by atoms with Gasteiger partial charge in [0, 0.05) is 6.54 Å². The van der Waals surface area contributed by atoms with Crippen LogP contribution in [-0.4, -0.2) is 9.55 Å². The molecule has 0 saturated heterocycles. The van der Waals surface area contributed by atoms with Gasteiger partial charge in [-0.2, -0.15) is 5.26 Å². The van der Waals surface area contributed by atoms with Gasteiger partial charge >= 0.3 is 0 Å². The Balaban J connectivity index is 2.93.